The second-order valence-corrected chi connectivity index (χ2v) is 10.1. The van der Waals surface area contributed by atoms with Gasteiger partial charge in [-0.2, -0.15) is 10.1 Å². The Labute approximate surface area is 177 Å². The van der Waals surface area contributed by atoms with E-state index in [1.165, 1.54) is 4.88 Å². The second kappa shape index (κ2) is 6.38. The van der Waals surface area contributed by atoms with Crippen LogP contribution in [0.5, 0.6) is 0 Å². The predicted molar refractivity (Wildman–Crippen MR) is 116 cm³/mol. The van der Waals surface area contributed by atoms with Crippen LogP contribution in [0.1, 0.15) is 43.2 Å². The van der Waals surface area contributed by atoms with Gasteiger partial charge in [0, 0.05) is 34.8 Å². The van der Waals surface area contributed by atoms with Crippen LogP contribution in [0, 0.1) is 5.41 Å². The summed E-state index contributed by atoms with van der Waals surface area (Å²) in [6.45, 7) is 4.38. The number of nitrogens with zero attached hydrogens (tertiary/aromatic N) is 3. The van der Waals surface area contributed by atoms with Gasteiger partial charge in [0.25, 0.3) is 5.56 Å². The first kappa shape index (κ1) is 18.5. The maximum Gasteiger partial charge on any atom is 0.263 e. The van der Waals surface area contributed by atoms with E-state index in [9.17, 15) is 4.79 Å². The summed E-state index contributed by atoms with van der Waals surface area (Å²) < 4.78 is 5.82. The molecule has 2 saturated heterocycles. The van der Waals surface area contributed by atoms with E-state index in [0.29, 0.717) is 17.0 Å². The molecule has 3 aromatic heterocycles. The maximum absolute atomic E-state index is 13.1. The van der Waals surface area contributed by atoms with Gasteiger partial charge < -0.3 is 15.4 Å². The summed E-state index contributed by atoms with van der Waals surface area (Å²) in [6, 6.07) is 4.26. The molecular weight excluding hydrogens is 400 g/mol. The fourth-order valence-corrected chi connectivity index (χ4v) is 6.32. The van der Waals surface area contributed by atoms with Crippen molar-refractivity contribution in [2.45, 2.75) is 50.2 Å². The highest BCUT2D eigenvalue weighted by Gasteiger charge is 2.51. The number of rotatable bonds is 3. The van der Waals surface area contributed by atoms with Crippen LogP contribution in [0.4, 0.5) is 5.95 Å². The molecular formula is C21H26N6O2S. The van der Waals surface area contributed by atoms with Crippen molar-refractivity contribution in [1.82, 2.24) is 20.2 Å². The highest BCUT2D eigenvalue weighted by atomic mass is 32.1. The minimum Gasteiger partial charge on any atom is -0.376 e. The smallest absolute Gasteiger partial charge is 0.263 e. The second-order valence-electron chi connectivity index (χ2n) is 9.14. The Morgan fingerprint density at radius 1 is 1.30 bits per heavy atom. The number of aromatic nitrogens is 4. The lowest BCUT2D eigenvalue weighted by atomic mass is 9.73. The normalized spacial score (nSPS) is 27.2. The first-order chi connectivity index (χ1) is 14.5. The predicted octanol–water partition coefficient (Wildman–Crippen LogP) is 2.12. The van der Waals surface area contributed by atoms with Crippen molar-refractivity contribution in [3.05, 3.63) is 38.4 Å². The number of hydrogen-bond donors (Lipinski definition) is 3. The fraction of sp³-hybridized carbons (Fsp3) is 0.571. The highest BCUT2D eigenvalue weighted by molar-refractivity contribution is 7.10. The number of nitrogens with one attached hydrogen (secondary N) is 2. The standard InChI is InChI=1S/C21H26N6O2S/c1-12-15(22)20(11-29-12)6-8-27(9-7-20)19-23-17-14(18(28)24-19)16(25-26-17)21(4-5-21)13-3-2-10-30-13/h2-3,10,12,15H,4-9,11,22H2,1H3,(H2,23,24,25,26,28)/t12-,15+/m0/s1. The molecule has 3 aliphatic rings. The van der Waals surface area contributed by atoms with Crippen molar-refractivity contribution in [1.29, 1.82) is 0 Å². The van der Waals surface area contributed by atoms with Crippen molar-refractivity contribution in [3.8, 4) is 0 Å². The van der Waals surface area contributed by atoms with Crippen LogP contribution in [0.3, 0.4) is 0 Å². The van der Waals surface area contributed by atoms with Crippen molar-refractivity contribution in [3.63, 3.8) is 0 Å². The molecule has 6 rings (SSSR count). The number of fused-ring (bicyclic) bond motifs is 1. The molecule has 2 aliphatic heterocycles. The molecule has 0 bridgehead atoms. The lowest BCUT2D eigenvalue weighted by Crippen LogP contribution is -2.51. The molecule has 9 heteroatoms. The molecule has 1 aliphatic carbocycles. The SMILES string of the molecule is C[C@@H]1OCC2(CCN(c3nc4[nH]nc(C5(c6cccs6)CC5)c4c(=O)[nH]3)CC2)[C@@H]1N. The monoisotopic (exact) mass is 426 g/mol. The number of aromatic amines is 2. The topological polar surface area (TPSA) is 113 Å². The van der Waals surface area contributed by atoms with Crippen LogP contribution in [0.2, 0.25) is 0 Å². The molecule has 3 aromatic rings. The molecule has 0 radical (unpaired) electrons. The van der Waals surface area contributed by atoms with Crippen LogP contribution in [-0.4, -0.2) is 52.0 Å². The van der Waals surface area contributed by atoms with Gasteiger partial charge in [0.2, 0.25) is 5.95 Å². The number of piperidine rings is 1. The Hall–Kier alpha value is -2.23. The van der Waals surface area contributed by atoms with Gasteiger partial charge in [-0.05, 0) is 44.1 Å². The summed E-state index contributed by atoms with van der Waals surface area (Å²) >= 11 is 1.73. The Kier molecular flexibility index (Phi) is 3.94. The molecule has 1 spiro atoms. The number of thiophene rings is 1. The van der Waals surface area contributed by atoms with E-state index in [4.69, 9.17) is 15.5 Å². The van der Waals surface area contributed by atoms with Crippen LogP contribution in [-0.2, 0) is 10.2 Å². The first-order valence-corrected chi connectivity index (χ1v) is 11.6. The zero-order chi connectivity index (χ0) is 20.5. The summed E-state index contributed by atoms with van der Waals surface area (Å²) in [4.78, 5) is 24.3. The fourth-order valence-electron chi connectivity index (χ4n) is 5.34. The van der Waals surface area contributed by atoms with E-state index >= 15 is 0 Å². The van der Waals surface area contributed by atoms with Crippen molar-refractivity contribution >= 4 is 28.3 Å². The minimum atomic E-state index is -0.130. The van der Waals surface area contributed by atoms with Gasteiger partial charge in [-0.15, -0.1) is 11.3 Å². The Morgan fingerprint density at radius 3 is 2.73 bits per heavy atom. The number of hydrogen-bond acceptors (Lipinski definition) is 7. The summed E-state index contributed by atoms with van der Waals surface area (Å²) in [5.41, 5.74) is 7.63. The lowest BCUT2D eigenvalue weighted by molar-refractivity contribution is 0.0973. The number of H-pyrrole nitrogens is 2. The van der Waals surface area contributed by atoms with E-state index in [-0.39, 0.29) is 28.5 Å². The van der Waals surface area contributed by atoms with Gasteiger partial charge in [-0.25, -0.2) is 0 Å². The average Bonchev–Trinajstić information content (AvgIpc) is 3.09. The number of ether oxygens (including phenoxy) is 1. The average molecular weight is 427 g/mol. The quantitative estimate of drug-likeness (QED) is 0.591. The van der Waals surface area contributed by atoms with Gasteiger partial charge in [-0.1, -0.05) is 6.07 Å². The third-order valence-electron chi connectivity index (χ3n) is 7.52. The maximum atomic E-state index is 13.1. The molecule has 8 nitrogen and oxygen atoms in total. The van der Waals surface area contributed by atoms with Crippen LogP contribution in [0.25, 0.3) is 11.0 Å². The Bertz CT molecular complexity index is 1140. The van der Waals surface area contributed by atoms with Gasteiger partial charge >= 0.3 is 0 Å². The van der Waals surface area contributed by atoms with Gasteiger partial charge in [0.05, 0.1) is 18.4 Å². The van der Waals surface area contributed by atoms with Crippen LogP contribution < -0.4 is 16.2 Å². The summed E-state index contributed by atoms with van der Waals surface area (Å²) in [5.74, 6) is 0.610. The first-order valence-electron chi connectivity index (χ1n) is 10.7. The van der Waals surface area contributed by atoms with E-state index in [0.717, 1.165) is 51.1 Å². The molecule has 0 unspecified atom stereocenters. The van der Waals surface area contributed by atoms with Crippen molar-refractivity contribution in [2.24, 2.45) is 11.1 Å². The molecule has 0 amide bonds. The molecule has 5 heterocycles. The van der Waals surface area contributed by atoms with Gasteiger partial charge in [-0.3, -0.25) is 14.9 Å². The molecule has 158 valence electrons. The Balaban J connectivity index is 1.30. The lowest BCUT2D eigenvalue weighted by Gasteiger charge is -2.41. The van der Waals surface area contributed by atoms with Gasteiger partial charge in [0.1, 0.15) is 5.39 Å². The van der Waals surface area contributed by atoms with Crippen LogP contribution in [0.15, 0.2) is 22.3 Å². The Morgan fingerprint density at radius 2 is 2.10 bits per heavy atom. The van der Waals surface area contributed by atoms with E-state index in [1.807, 2.05) is 0 Å². The highest BCUT2D eigenvalue weighted by Crippen LogP contribution is 2.55. The number of anilines is 1. The van der Waals surface area contributed by atoms with Gasteiger partial charge in [0.15, 0.2) is 5.65 Å². The van der Waals surface area contributed by atoms with E-state index < -0.39 is 0 Å². The van der Waals surface area contributed by atoms with Crippen molar-refractivity contribution < 1.29 is 4.74 Å². The molecule has 1 saturated carbocycles. The summed E-state index contributed by atoms with van der Waals surface area (Å²) in [7, 11) is 0. The molecule has 3 fully saturated rings. The summed E-state index contributed by atoms with van der Waals surface area (Å²) in [5, 5.41) is 10.3. The third-order valence-corrected chi connectivity index (χ3v) is 8.59. The molecule has 4 N–H and O–H groups in total. The zero-order valence-corrected chi connectivity index (χ0v) is 17.8. The third kappa shape index (κ3) is 2.55. The molecule has 30 heavy (non-hydrogen) atoms. The molecule has 0 aromatic carbocycles. The zero-order valence-electron chi connectivity index (χ0n) is 17.0. The minimum absolute atomic E-state index is 0.0422. The van der Waals surface area contributed by atoms with E-state index in [1.54, 1.807) is 11.3 Å². The summed E-state index contributed by atoms with van der Waals surface area (Å²) in [6.07, 6.45) is 4.02. The van der Waals surface area contributed by atoms with E-state index in [2.05, 4.69) is 44.5 Å². The largest absolute Gasteiger partial charge is 0.376 e. The number of nitrogens with two attached hydrogens (primary N) is 1. The van der Waals surface area contributed by atoms with Crippen LogP contribution >= 0.6 is 11.3 Å². The van der Waals surface area contributed by atoms with Crippen molar-refractivity contribution in [2.75, 3.05) is 24.6 Å². The molecule has 2 atom stereocenters.